The Morgan fingerprint density at radius 2 is 1.94 bits per heavy atom. The molecule has 17 heavy (non-hydrogen) atoms. The predicted molar refractivity (Wildman–Crippen MR) is 63.4 cm³/mol. The van der Waals surface area contributed by atoms with E-state index in [0.717, 1.165) is 0 Å². The first-order chi connectivity index (χ1) is 8.11. The maximum atomic E-state index is 11.2. The molecule has 0 aromatic heterocycles. The molecule has 6 nitrogen and oxygen atoms in total. The van der Waals surface area contributed by atoms with Crippen LogP contribution in [-0.2, 0) is 4.79 Å². The second-order valence-electron chi connectivity index (χ2n) is 3.23. The number of carbonyl (C=O) groups excluding carboxylic acids is 2. The van der Waals surface area contributed by atoms with E-state index >= 15 is 0 Å². The number of nitriles is 1. The zero-order chi connectivity index (χ0) is 12.7. The molecule has 0 spiro atoms. The molecular formula is C11H12N4O2. The topological polar surface area (TPSA) is 94.0 Å². The highest BCUT2D eigenvalue weighted by Crippen LogP contribution is 2.14. The number of rotatable bonds is 3. The molecular weight excluding hydrogens is 220 g/mol. The van der Waals surface area contributed by atoms with Gasteiger partial charge in [-0.15, -0.1) is 0 Å². The van der Waals surface area contributed by atoms with Crippen LogP contribution in [0.15, 0.2) is 24.3 Å². The summed E-state index contributed by atoms with van der Waals surface area (Å²) in [6.07, 6.45) is 0. The van der Waals surface area contributed by atoms with Gasteiger partial charge in [-0.25, -0.2) is 4.79 Å². The molecule has 0 fully saturated rings. The predicted octanol–water partition coefficient (Wildman–Crippen LogP) is 1.29. The van der Waals surface area contributed by atoms with E-state index in [-0.39, 0.29) is 12.5 Å². The standard InChI is InChI=1S/C11H12N4O2/c1-8(16)14-9-3-2-4-10(7-9)15-11(17)13-6-5-12/h2-4,7H,6H2,1H3,(H,14,16)(H2,13,15,17). The molecule has 0 heterocycles. The van der Waals surface area contributed by atoms with Crippen LogP contribution >= 0.6 is 0 Å². The summed E-state index contributed by atoms with van der Waals surface area (Å²) in [5.74, 6) is -0.184. The van der Waals surface area contributed by atoms with Crippen molar-refractivity contribution in [3.63, 3.8) is 0 Å². The van der Waals surface area contributed by atoms with Gasteiger partial charge in [-0.2, -0.15) is 5.26 Å². The molecule has 0 radical (unpaired) electrons. The Bertz CT molecular complexity index is 465. The molecule has 0 saturated heterocycles. The van der Waals surface area contributed by atoms with E-state index < -0.39 is 6.03 Å². The van der Waals surface area contributed by atoms with Gasteiger partial charge in [-0.3, -0.25) is 4.79 Å². The summed E-state index contributed by atoms with van der Waals surface area (Å²) < 4.78 is 0. The molecule has 0 aliphatic rings. The molecule has 3 amide bonds. The lowest BCUT2D eigenvalue weighted by molar-refractivity contribution is -0.114. The minimum atomic E-state index is -0.466. The van der Waals surface area contributed by atoms with Crippen LogP contribution in [0.2, 0.25) is 0 Å². The fourth-order valence-electron chi connectivity index (χ4n) is 1.17. The van der Waals surface area contributed by atoms with E-state index in [2.05, 4.69) is 16.0 Å². The molecule has 0 atom stereocenters. The van der Waals surface area contributed by atoms with Crippen LogP contribution < -0.4 is 16.0 Å². The van der Waals surface area contributed by atoms with E-state index in [1.54, 1.807) is 30.3 Å². The Hall–Kier alpha value is -2.55. The van der Waals surface area contributed by atoms with Gasteiger partial charge in [-0.05, 0) is 18.2 Å². The Morgan fingerprint density at radius 1 is 1.29 bits per heavy atom. The van der Waals surface area contributed by atoms with Gasteiger partial charge in [0.1, 0.15) is 6.54 Å². The summed E-state index contributed by atoms with van der Waals surface area (Å²) in [7, 11) is 0. The third kappa shape index (κ3) is 4.66. The van der Waals surface area contributed by atoms with Crippen LogP contribution in [-0.4, -0.2) is 18.5 Å². The number of amides is 3. The largest absolute Gasteiger partial charge is 0.326 e. The second-order valence-corrected chi connectivity index (χ2v) is 3.23. The molecule has 88 valence electrons. The van der Waals surface area contributed by atoms with E-state index in [4.69, 9.17) is 5.26 Å². The number of hydrogen-bond acceptors (Lipinski definition) is 3. The zero-order valence-corrected chi connectivity index (χ0v) is 9.28. The summed E-state index contributed by atoms with van der Waals surface area (Å²) in [6, 6.07) is 8.03. The average molecular weight is 232 g/mol. The van der Waals surface area contributed by atoms with Gasteiger partial charge in [0, 0.05) is 18.3 Å². The van der Waals surface area contributed by atoms with E-state index in [1.165, 1.54) is 6.92 Å². The normalized spacial score (nSPS) is 8.94. The number of nitrogens with one attached hydrogen (secondary N) is 3. The highest BCUT2D eigenvalue weighted by atomic mass is 16.2. The SMILES string of the molecule is CC(=O)Nc1cccc(NC(=O)NCC#N)c1. The van der Waals surface area contributed by atoms with Crippen molar-refractivity contribution in [3.8, 4) is 6.07 Å². The third-order valence-electron chi connectivity index (χ3n) is 1.77. The highest BCUT2D eigenvalue weighted by Gasteiger charge is 2.01. The lowest BCUT2D eigenvalue weighted by Gasteiger charge is -2.07. The number of benzene rings is 1. The molecule has 3 N–H and O–H groups in total. The third-order valence-corrected chi connectivity index (χ3v) is 1.77. The van der Waals surface area contributed by atoms with E-state index in [9.17, 15) is 9.59 Å². The van der Waals surface area contributed by atoms with Crippen molar-refractivity contribution in [2.45, 2.75) is 6.92 Å². The molecule has 1 aromatic carbocycles. The van der Waals surface area contributed by atoms with Gasteiger partial charge in [0.15, 0.2) is 0 Å². The van der Waals surface area contributed by atoms with Crippen LogP contribution in [0.25, 0.3) is 0 Å². The van der Waals surface area contributed by atoms with Crippen molar-refractivity contribution in [2.24, 2.45) is 0 Å². The highest BCUT2D eigenvalue weighted by molar-refractivity contribution is 5.92. The Kier molecular flexibility index (Phi) is 4.51. The fraction of sp³-hybridized carbons (Fsp3) is 0.182. The van der Waals surface area contributed by atoms with Gasteiger partial charge in [0.2, 0.25) is 5.91 Å². The molecule has 0 unspecified atom stereocenters. The van der Waals surface area contributed by atoms with Crippen LogP contribution in [0.4, 0.5) is 16.2 Å². The van der Waals surface area contributed by atoms with Crippen molar-refractivity contribution in [1.82, 2.24) is 5.32 Å². The monoisotopic (exact) mass is 232 g/mol. The Balaban J connectivity index is 2.62. The second kappa shape index (κ2) is 6.12. The Labute approximate surface area is 98.6 Å². The molecule has 1 rings (SSSR count). The fourth-order valence-corrected chi connectivity index (χ4v) is 1.17. The number of urea groups is 1. The maximum Gasteiger partial charge on any atom is 0.320 e. The van der Waals surface area contributed by atoms with Crippen molar-refractivity contribution < 1.29 is 9.59 Å². The van der Waals surface area contributed by atoms with Crippen LogP contribution in [0.5, 0.6) is 0 Å². The van der Waals surface area contributed by atoms with Crippen molar-refractivity contribution in [3.05, 3.63) is 24.3 Å². The first kappa shape index (κ1) is 12.5. The Morgan fingerprint density at radius 3 is 2.53 bits per heavy atom. The average Bonchev–Trinajstić information content (AvgIpc) is 2.26. The van der Waals surface area contributed by atoms with Gasteiger partial charge >= 0.3 is 6.03 Å². The van der Waals surface area contributed by atoms with E-state index in [0.29, 0.717) is 11.4 Å². The molecule has 0 bridgehead atoms. The first-order valence-electron chi connectivity index (χ1n) is 4.91. The minimum Gasteiger partial charge on any atom is -0.326 e. The lowest BCUT2D eigenvalue weighted by atomic mass is 10.3. The zero-order valence-electron chi connectivity index (χ0n) is 9.28. The minimum absolute atomic E-state index is 0.0583. The van der Waals surface area contributed by atoms with Gasteiger partial charge in [0.05, 0.1) is 6.07 Å². The summed E-state index contributed by atoms with van der Waals surface area (Å²) >= 11 is 0. The number of carbonyl (C=O) groups is 2. The summed E-state index contributed by atoms with van der Waals surface area (Å²) in [5, 5.41) is 15.8. The van der Waals surface area contributed by atoms with Crippen LogP contribution in [0.1, 0.15) is 6.92 Å². The summed E-state index contributed by atoms with van der Waals surface area (Å²) in [4.78, 5) is 22.1. The summed E-state index contributed by atoms with van der Waals surface area (Å²) in [5.41, 5.74) is 1.13. The van der Waals surface area contributed by atoms with Crippen molar-refractivity contribution in [1.29, 1.82) is 5.26 Å². The molecule has 0 saturated carbocycles. The van der Waals surface area contributed by atoms with Crippen molar-refractivity contribution in [2.75, 3.05) is 17.2 Å². The smallest absolute Gasteiger partial charge is 0.320 e. The molecule has 1 aromatic rings. The summed E-state index contributed by atoms with van der Waals surface area (Å²) in [6.45, 7) is 1.34. The van der Waals surface area contributed by atoms with Gasteiger partial charge in [-0.1, -0.05) is 6.07 Å². The number of nitrogens with zero attached hydrogens (tertiary/aromatic N) is 1. The molecule has 6 heteroatoms. The first-order valence-corrected chi connectivity index (χ1v) is 4.91. The number of anilines is 2. The van der Waals surface area contributed by atoms with Crippen molar-refractivity contribution >= 4 is 23.3 Å². The van der Waals surface area contributed by atoms with Gasteiger partial charge < -0.3 is 16.0 Å². The van der Waals surface area contributed by atoms with Crippen LogP contribution in [0, 0.1) is 11.3 Å². The van der Waals surface area contributed by atoms with E-state index in [1.807, 2.05) is 0 Å². The lowest BCUT2D eigenvalue weighted by Crippen LogP contribution is -2.28. The molecule has 0 aliphatic carbocycles. The quantitative estimate of drug-likeness (QED) is 0.685. The maximum absolute atomic E-state index is 11.2. The van der Waals surface area contributed by atoms with Gasteiger partial charge in [0.25, 0.3) is 0 Å². The molecule has 0 aliphatic heterocycles. The van der Waals surface area contributed by atoms with Crippen LogP contribution in [0.3, 0.4) is 0 Å². The number of hydrogen-bond donors (Lipinski definition) is 3.